The van der Waals surface area contributed by atoms with Crippen LogP contribution >= 0.6 is 0 Å². The van der Waals surface area contributed by atoms with Crippen molar-refractivity contribution in [1.29, 1.82) is 5.26 Å². The Morgan fingerprint density at radius 1 is 1.31 bits per heavy atom. The van der Waals surface area contributed by atoms with E-state index in [9.17, 15) is 0 Å². The van der Waals surface area contributed by atoms with E-state index in [4.69, 9.17) is 5.26 Å². The molecule has 0 radical (unpaired) electrons. The third-order valence-corrected chi connectivity index (χ3v) is 3.63. The Morgan fingerprint density at radius 3 is 2.54 bits per heavy atom. The zero-order valence-corrected chi connectivity index (χ0v) is 8.58. The Balaban J connectivity index is 2.14. The molecule has 13 heavy (non-hydrogen) atoms. The Labute approximate surface area is 80.5 Å². The maximum atomic E-state index is 9.07. The lowest BCUT2D eigenvalue weighted by Crippen LogP contribution is -2.53. The predicted molar refractivity (Wildman–Crippen MR) is 52.1 cm³/mol. The van der Waals surface area contributed by atoms with Crippen LogP contribution in [0.4, 0.5) is 0 Å². The van der Waals surface area contributed by atoms with Crippen LogP contribution < -0.4 is 0 Å². The van der Waals surface area contributed by atoms with Gasteiger partial charge in [-0.25, -0.2) is 0 Å². The summed E-state index contributed by atoms with van der Waals surface area (Å²) in [5, 5.41) is 9.07. The molecular formula is C11H18N2. The van der Waals surface area contributed by atoms with Crippen molar-refractivity contribution >= 4 is 0 Å². The Bertz CT molecular complexity index is 235. The van der Waals surface area contributed by atoms with Gasteiger partial charge in [-0.3, -0.25) is 4.90 Å². The van der Waals surface area contributed by atoms with Crippen LogP contribution in [0.25, 0.3) is 0 Å². The Morgan fingerprint density at radius 2 is 2.00 bits per heavy atom. The van der Waals surface area contributed by atoms with E-state index in [-0.39, 0.29) is 11.5 Å². The third-order valence-electron chi connectivity index (χ3n) is 3.63. The lowest BCUT2D eigenvalue weighted by Gasteiger charge is -2.45. The van der Waals surface area contributed by atoms with Gasteiger partial charge in [-0.15, -0.1) is 0 Å². The second-order valence-electron chi connectivity index (χ2n) is 4.90. The molecule has 1 saturated carbocycles. The van der Waals surface area contributed by atoms with E-state index in [2.05, 4.69) is 24.8 Å². The molecule has 72 valence electrons. The van der Waals surface area contributed by atoms with Crippen molar-refractivity contribution in [3.63, 3.8) is 0 Å². The molecular weight excluding hydrogens is 160 g/mol. The van der Waals surface area contributed by atoms with E-state index in [1.54, 1.807) is 0 Å². The molecule has 2 fully saturated rings. The molecule has 2 nitrogen and oxygen atoms in total. The predicted octanol–water partition coefficient (Wildman–Crippen LogP) is 2.16. The first-order valence-corrected chi connectivity index (χ1v) is 5.32. The van der Waals surface area contributed by atoms with E-state index >= 15 is 0 Å². The maximum Gasteiger partial charge on any atom is 0.0675 e. The van der Waals surface area contributed by atoms with Gasteiger partial charge in [0.05, 0.1) is 12.0 Å². The van der Waals surface area contributed by atoms with Crippen LogP contribution in [0.1, 0.15) is 39.5 Å². The van der Waals surface area contributed by atoms with Gasteiger partial charge in [0.15, 0.2) is 0 Å². The summed E-state index contributed by atoms with van der Waals surface area (Å²) < 4.78 is 0. The minimum absolute atomic E-state index is 0.119. The number of piperidine rings is 1. The molecule has 0 spiro atoms. The van der Waals surface area contributed by atoms with Gasteiger partial charge in [-0.05, 0) is 46.1 Å². The van der Waals surface area contributed by atoms with Gasteiger partial charge in [-0.1, -0.05) is 0 Å². The zero-order valence-electron chi connectivity index (χ0n) is 8.58. The fraction of sp³-hybridized carbons (Fsp3) is 0.909. The second kappa shape index (κ2) is 2.99. The summed E-state index contributed by atoms with van der Waals surface area (Å²) in [5.41, 5.74) is 0.119. The Kier molecular flexibility index (Phi) is 2.08. The van der Waals surface area contributed by atoms with Gasteiger partial charge in [0.25, 0.3) is 0 Å². The molecule has 2 heteroatoms. The van der Waals surface area contributed by atoms with Crippen molar-refractivity contribution in [2.24, 2.45) is 5.92 Å². The molecule has 2 aliphatic rings. The normalized spacial score (nSPS) is 34.1. The molecule has 0 amide bonds. The molecule has 0 bridgehead atoms. The van der Waals surface area contributed by atoms with Gasteiger partial charge in [-0.2, -0.15) is 5.26 Å². The van der Waals surface area contributed by atoms with Crippen molar-refractivity contribution in [3.05, 3.63) is 0 Å². The van der Waals surface area contributed by atoms with E-state index in [0.717, 1.165) is 12.5 Å². The minimum atomic E-state index is 0.119. The van der Waals surface area contributed by atoms with Crippen LogP contribution in [0, 0.1) is 17.2 Å². The number of nitrogens with zero attached hydrogens (tertiary/aromatic N) is 2. The van der Waals surface area contributed by atoms with Crippen molar-refractivity contribution in [1.82, 2.24) is 4.90 Å². The molecule has 0 aromatic heterocycles. The highest BCUT2D eigenvalue weighted by Gasteiger charge is 2.44. The summed E-state index contributed by atoms with van der Waals surface area (Å²) in [6.45, 7) is 5.67. The smallest absolute Gasteiger partial charge is 0.0675 e. The van der Waals surface area contributed by atoms with Gasteiger partial charge < -0.3 is 0 Å². The van der Waals surface area contributed by atoms with Crippen LogP contribution in [0.3, 0.4) is 0 Å². The number of nitriles is 1. The summed E-state index contributed by atoms with van der Waals surface area (Å²) in [6.07, 6.45) is 4.99. The minimum Gasteiger partial charge on any atom is -0.294 e. The zero-order chi connectivity index (χ0) is 9.47. The van der Waals surface area contributed by atoms with Crippen LogP contribution in [0.5, 0.6) is 0 Å². The largest absolute Gasteiger partial charge is 0.294 e. The third kappa shape index (κ3) is 1.46. The molecule has 0 N–H and O–H groups in total. The average molecular weight is 178 g/mol. The first-order valence-electron chi connectivity index (χ1n) is 5.32. The van der Waals surface area contributed by atoms with E-state index < -0.39 is 0 Å². The number of hydrogen-bond acceptors (Lipinski definition) is 2. The van der Waals surface area contributed by atoms with E-state index in [0.29, 0.717) is 0 Å². The average Bonchev–Trinajstić information content (AvgIpc) is 2.86. The molecule has 1 heterocycles. The molecule has 0 aromatic rings. The summed E-state index contributed by atoms with van der Waals surface area (Å²) in [7, 11) is 0. The van der Waals surface area contributed by atoms with Crippen LogP contribution in [-0.2, 0) is 0 Å². The number of likely N-dealkylation sites (tertiary alicyclic amines) is 1. The summed E-state index contributed by atoms with van der Waals surface area (Å²) in [6, 6.07) is 3.26. The summed E-state index contributed by atoms with van der Waals surface area (Å²) in [5.74, 6) is 0.238. The van der Waals surface area contributed by atoms with Crippen molar-refractivity contribution in [2.75, 3.05) is 6.54 Å². The SMILES string of the molecule is CC1(C)C(C#N)CCCN1C1CC1. The molecule has 1 saturated heterocycles. The quantitative estimate of drug-likeness (QED) is 0.615. The monoisotopic (exact) mass is 178 g/mol. The number of rotatable bonds is 1. The lowest BCUT2D eigenvalue weighted by atomic mass is 9.80. The van der Waals surface area contributed by atoms with Crippen molar-refractivity contribution < 1.29 is 0 Å². The number of hydrogen-bond donors (Lipinski definition) is 0. The first-order chi connectivity index (χ1) is 6.16. The fourth-order valence-electron chi connectivity index (χ4n) is 2.57. The summed E-state index contributed by atoms with van der Waals surface area (Å²) in [4.78, 5) is 2.56. The fourth-order valence-corrected chi connectivity index (χ4v) is 2.57. The topological polar surface area (TPSA) is 27.0 Å². The van der Waals surface area contributed by atoms with Crippen molar-refractivity contribution in [2.45, 2.75) is 51.1 Å². The van der Waals surface area contributed by atoms with Crippen LogP contribution in [-0.4, -0.2) is 23.0 Å². The highest BCUT2D eigenvalue weighted by molar-refractivity contribution is 5.06. The van der Waals surface area contributed by atoms with E-state index in [1.165, 1.54) is 25.8 Å². The van der Waals surface area contributed by atoms with Crippen LogP contribution in [0.15, 0.2) is 0 Å². The lowest BCUT2D eigenvalue weighted by molar-refractivity contribution is 0.0378. The molecule has 1 atom stereocenters. The standard InChI is InChI=1S/C11H18N2/c1-11(2)9(8-12)4-3-7-13(11)10-5-6-10/h9-10H,3-7H2,1-2H3. The van der Waals surface area contributed by atoms with Gasteiger partial charge in [0.2, 0.25) is 0 Å². The first kappa shape index (κ1) is 9.02. The Hall–Kier alpha value is -0.550. The maximum absolute atomic E-state index is 9.07. The molecule has 2 rings (SSSR count). The molecule has 1 aliphatic heterocycles. The highest BCUT2D eigenvalue weighted by Crippen LogP contribution is 2.40. The molecule has 1 aliphatic carbocycles. The van der Waals surface area contributed by atoms with Crippen LogP contribution in [0.2, 0.25) is 0 Å². The van der Waals surface area contributed by atoms with Gasteiger partial charge in [0, 0.05) is 11.6 Å². The second-order valence-corrected chi connectivity index (χ2v) is 4.90. The van der Waals surface area contributed by atoms with Gasteiger partial charge >= 0.3 is 0 Å². The van der Waals surface area contributed by atoms with E-state index in [1.807, 2.05) is 0 Å². The van der Waals surface area contributed by atoms with Gasteiger partial charge in [0.1, 0.15) is 0 Å². The van der Waals surface area contributed by atoms with Crippen molar-refractivity contribution in [3.8, 4) is 6.07 Å². The summed E-state index contributed by atoms with van der Waals surface area (Å²) >= 11 is 0. The molecule has 1 unspecified atom stereocenters. The molecule has 0 aromatic carbocycles. The highest BCUT2D eigenvalue weighted by atomic mass is 15.2.